The van der Waals surface area contributed by atoms with Crippen molar-refractivity contribution in [1.82, 2.24) is 19.2 Å². The molecule has 0 amide bonds. The van der Waals surface area contributed by atoms with Gasteiger partial charge in [-0.2, -0.15) is 18.0 Å². The summed E-state index contributed by atoms with van der Waals surface area (Å²) >= 11 is 0. The number of ether oxygens (including phenoxy) is 1. The van der Waals surface area contributed by atoms with E-state index in [0.29, 0.717) is 23.4 Å². The first-order valence-electron chi connectivity index (χ1n) is 11.6. The molecular formula is C24H27FN6O4S. The molecule has 10 nitrogen and oxygen atoms in total. The lowest BCUT2D eigenvalue weighted by atomic mass is 9.98. The first-order chi connectivity index (χ1) is 17.2. The number of nitriles is 1. The van der Waals surface area contributed by atoms with Gasteiger partial charge in [-0.1, -0.05) is 6.92 Å². The van der Waals surface area contributed by atoms with Crippen LogP contribution in [0.1, 0.15) is 25.3 Å². The van der Waals surface area contributed by atoms with Gasteiger partial charge < -0.3 is 10.1 Å². The van der Waals surface area contributed by atoms with Gasteiger partial charge in [0.25, 0.3) is 5.56 Å². The predicted octanol–water partition coefficient (Wildman–Crippen LogP) is 2.81. The van der Waals surface area contributed by atoms with Crippen LogP contribution in [0.4, 0.5) is 10.1 Å². The topological polar surface area (TPSA) is 129 Å². The first kappa shape index (κ1) is 25.6. The summed E-state index contributed by atoms with van der Waals surface area (Å²) < 4.78 is 50.2. The van der Waals surface area contributed by atoms with Crippen LogP contribution in [0.3, 0.4) is 0 Å². The van der Waals surface area contributed by atoms with Crippen LogP contribution in [0.25, 0.3) is 10.9 Å². The van der Waals surface area contributed by atoms with E-state index in [1.807, 2.05) is 6.07 Å². The molecule has 2 aromatic carbocycles. The maximum atomic E-state index is 14.7. The van der Waals surface area contributed by atoms with E-state index in [-0.39, 0.29) is 29.1 Å². The molecule has 12 heteroatoms. The fourth-order valence-corrected chi connectivity index (χ4v) is 4.98. The van der Waals surface area contributed by atoms with Crippen LogP contribution >= 0.6 is 0 Å². The number of nitrogens with one attached hydrogen (secondary N) is 2. The van der Waals surface area contributed by atoms with Crippen LogP contribution in [0.15, 0.2) is 41.5 Å². The Morgan fingerprint density at radius 1 is 1.31 bits per heavy atom. The van der Waals surface area contributed by atoms with Gasteiger partial charge in [-0.3, -0.25) is 14.1 Å². The molecule has 0 unspecified atom stereocenters. The predicted molar refractivity (Wildman–Crippen MR) is 134 cm³/mol. The van der Waals surface area contributed by atoms with Crippen molar-refractivity contribution in [3.63, 3.8) is 0 Å². The van der Waals surface area contributed by atoms with Crippen LogP contribution < -0.4 is 20.3 Å². The third-order valence-corrected chi connectivity index (χ3v) is 7.80. The highest BCUT2D eigenvalue weighted by Crippen LogP contribution is 2.34. The normalized spacial score (nSPS) is 14.6. The van der Waals surface area contributed by atoms with Crippen molar-refractivity contribution in [2.24, 2.45) is 5.92 Å². The zero-order valence-corrected chi connectivity index (χ0v) is 20.8. The van der Waals surface area contributed by atoms with Crippen LogP contribution in [0, 0.1) is 23.1 Å². The van der Waals surface area contributed by atoms with Crippen molar-refractivity contribution in [3.05, 3.63) is 58.4 Å². The molecule has 0 spiro atoms. The zero-order valence-electron chi connectivity index (χ0n) is 20.0. The van der Waals surface area contributed by atoms with E-state index in [1.54, 1.807) is 17.6 Å². The van der Waals surface area contributed by atoms with E-state index in [9.17, 15) is 22.9 Å². The maximum absolute atomic E-state index is 14.7. The minimum Gasteiger partial charge on any atom is -0.453 e. The second-order valence-corrected chi connectivity index (χ2v) is 10.4. The van der Waals surface area contributed by atoms with Crippen molar-refractivity contribution >= 4 is 26.8 Å². The van der Waals surface area contributed by atoms with E-state index < -0.39 is 21.8 Å². The van der Waals surface area contributed by atoms with Gasteiger partial charge in [0.1, 0.15) is 17.4 Å². The minimum atomic E-state index is -3.95. The number of piperidine rings is 1. The first-order valence-corrected chi connectivity index (χ1v) is 13.0. The molecule has 0 aliphatic carbocycles. The Labute approximate surface area is 208 Å². The average molecular weight is 515 g/mol. The summed E-state index contributed by atoms with van der Waals surface area (Å²) in [5.41, 5.74) is -0.230. The molecule has 1 aliphatic rings. The molecule has 2 N–H and O–H groups in total. The summed E-state index contributed by atoms with van der Waals surface area (Å²) in [5, 5.41) is 13.3. The molecule has 190 valence electrons. The van der Waals surface area contributed by atoms with Gasteiger partial charge in [-0.15, -0.1) is 0 Å². The maximum Gasteiger partial charge on any atom is 0.301 e. The molecule has 3 aromatic rings. The molecule has 2 heterocycles. The lowest BCUT2D eigenvalue weighted by molar-refractivity contribution is 0.329. The quantitative estimate of drug-likeness (QED) is 0.473. The Morgan fingerprint density at radius 3 is 2.75 bits per heavy atom. The summed E-state index contributed by atoms with van der Waals surface area (Å²) in [6.45, 7) is 4.22. The number of hydrogen-bond acceptors (Lipinski definition) is 7. The second-order valence-electron chi connectivity index (χ2n) is 8.61. The van der Waals surface area contributed by atoms with Gasteiger partial charge in [0, 0.05) is 20.1 Å². The highest BCUT2D eigenvalue weighted by atomic mass is 32.2. The number of anilines is 1. The second kappa shape index (κ2) is 10.6. The van der Waals surface area contributed by atoms with E-state index in [0.717, 1.165) is 42.4 Å². The van der Waals surface area contributed by atoms with Gasteiger partial charge in [-0.25, -0.2) is 9.37 Å². The lowest BCUT2D eigenvalue weighted by Gasteiger charge is -2.23. The number of halogens is 1. The zero-order chi connectivity index (χ0) is 25.9. The standard InChI is InChI=1S/C24H27FN6O4S/c1-3-30(2)36(33,34)29-22-7-5-20(25)23(19(22)13-26)35-17-4-6-21-18(12-17)24(32)31(15-28-21)14-16-8-10-27-11-9-16/h4-7,12,15-16,27,29H,3,8-11,14H2,1-2H3. The Morgan fingerprint density at radius 2 is 2.06 bits per heavy atom. The van der Waals surface area contributed by atoms with Gasteiger partial charge in [0.15, 0.2) is 11.6 Å². The van der Waals surface area contributed by atoms with Crippen molar-refractivity contribution < 1.29 is 17.5 Å². The molecule has 0 radical (unpaired) electrons. The lowest BCUT2D eigenvalue weighted by Crippen LogP contribution is -2.32. The molecule has 0 saturated carbocycles. The summed E-state index contributed by atoms with van der Waals surface area (Å²) in [7, 11) is -2.58. The number of nitrogens with zero attached hydrogens (tertiary/aromatic N) is 4. The van der Waals surface area contributed by atoms with E-state index in [1.165, 1.54) is 25.5 Å². The van der Waals surface area contributed by atoms with E-state index in [4.69, 9.17) is 4.74 Å². The summed E-state index contributed by atoms with van der Waals surface area (Å²) in [6, 6.07) is 8.52. The SMILES string of the molecule is CCN(C)S(=O)(=O)Nc1ccc(F)c(Oc2ccc3ncn(CC4CCNCC4)c(=O)c3c2)c1C#N. The van der Waals surface area contributed by atoms with Crippen molar-refractivity contribution in [2.45, 2.75) is 26.3 Å². The fraction of sp³-hybridized carbons (Fsp3) is 0.375. The van der Waals surface area contributed by atoms with Crippen molar-refractivity contribution in [1.29, 1.82) is 5.26 Å². The smallest absolute Gasteiger partial charge is 0.301 e. The number of benzene rings is 2. The highest BCUT2D eigenvalue weighted by molar-refractivity contribution is 7.90. The molecular weight excluding hydrogens is 487 g/mol. The molecule has 1 aliphatic heterocycles. The molecule has 1 aromatic heterocycles. The van der Waals surface area contributed by atoms with Crippen LogP contribution in [-0.2, 0) is 16.8 Å². The number of rotatable bonds is 8. The van der Waals surface area contributed by atoms with Gasteiger partial charge in [-0.05, 0) is 62.2 Å². The molecule has 0 atom stereocenters. The Hall–Kier alpha value is -3.53. The van der Waals surface area contributed by atoms with Crippen LogP contribution in [0.2, 0.25) is 0 Å². The minimum absolute atomic E-state index is 0.113. The molecule has 0 bridgehead atoms. The number of aromatic nitrogens is 2. The van der Waals surface area contributed by atoms with E-state index >= 15 is 0 Å². The summed E-state index contributed by atoms with van der Waals surface area (Å²) in [6.07, 6.45) is 3.47. The molecule has 1 saturated heterocycles. The fourth-order valence-electron chi connectivity index (χ4n) is 4.03. The Balaban J connectivity index is 1.67. The molecule has 4 rings (SSSR count). The number of fused-ring (bicyclic) bond motifs is 1. The highest BCUT2D eigenvalue weighted by Gasteiger charge is 2.22. The summed E-state index contributed by atoms with van der Waals surface area (Å²) in [4.78, 5) is 17.5. The number of hydrogen-bond donors (Lipinski definition) is 2. The largest absolute Gasteiger partial charge is 0.453 e. The van der Waals surface area contributed by atoms with Crippen molar-refractivity contribution in [3.8, 4) is 17.6 Å². The van der Waals surface area contributed by atoms with E-state index in [2.05, 4.69) is 15.0 Å². The third-order valence-electron chi connectivity index (χ3n) is 6.25. The summed E-state index contributed by atoms with van der Waals surface area (Å²) in [5.74, 6) is -0.821. The van der Waals surface area contributed by atoms with Crippen LogP contribution in [-0.4, -0.2) is 49.0 Å². The van der Waals surface area contributed by atoms with Crippen molar-refractivity contribution in [2.75, 3.05) is 31.4 Å². The van der Waals surface area contributed by atoms with Gasteiger partial charge in [0.05, 0.1) is 22.9 Å². The molecule has 1 fully saturated rings. The monoisotopic (exact) mass is 514 g/mol. The van der Waals surface area contributed by atoms with Crippen LogP contribution in [0.5, 0.6) is 11.5 Å². The Bertz CT molecular complexity index is 1480. The van der Waals surface area contributed by atoms with Gasteiger partial charge >= 0.3 is 10.2 Å². The van der Waals surface area contributed by atoms with Gasteiger partial charge in [0.2, 0.25) is 0 Å². The average Bonchev–Trinajstić information content (AvgIpc) is 2.88. The third kappa shape index (κ3) is 5.33. The Kier molecular flexibility index (Phi) is 7.53. The molecule has 36 heavy (non-hydrogen) atoms.